The summed E-state index contributed by atoms with van der Waals surface area (Å²) in [6, 6.07) is 10.4. The van der Waals surface area contributed by atoms with Crippen LogP contribution in [0.15, 0.2) is 45.3 Å². The summed E-state index contributed by atoms with van der Waals surface area (Å²) in [5.74, 6) is 0.229. The zero-order chi connectivity index (χ0) is 14.7. The second kappa shape index (κ2) is 6.94. The van der Waals surface area contributed by atoms with Gasteiger partial charge in [-0.1, -0.05) is 57.3 Å². The van der Waals surface area contributed by atoms with E-state index in [9.17, 15) is 4.79 Å². The summed E-state index contributed by atoms with van der Waals surface area (Å²) in [6.45, 7) is -0.111. The van der Waals surface area contributed by atoms with Crippen LogP contribution < -0.4 is 4.74 Å². The highest BCUT2D eigenvalue weighted by molar-refractivity contribution is 9.10. The van der Waals surface area contributed by atoms with Crippen LogP contribution in [0.2, 0.25) is 10.0 Å². The Bertz CT molecular complexity index is 660. The molecule has 0 saturated carbocycles. The van der Waals surface area contributed by atoms with Crippen LogP contribution in [0.5, 0.6) is 5.75 Å². The molecule has 0 aliphatic carbocycles. The number of rotatable bonds is 4. The molecule has 2 aromatic carbocycles. The van der Waals surface area contributed by atoms with Crippen LogP contribution in [0.25, 0.3) is 0 Å². The molecule has 2 nitrogen and oxygen atoms in total. The number of hydrogen-bond donors (Lipinski definition) is 0. The summed E-state index contributed by atoms with van der Waals surface area (Å²) in [5, 5.41) is 0.860. The number of ether oxygens (including phenoxy) is 1. The van der Waals surface area contributed by atoms with Gasteiger partial charge in [-0.2, -0.15) is 0 Å². The Morgan fingerprint density at radius 3 is 2.45 bits per heavy atom. The third-order valence-corrected chi connectivity index (χ3v) is 4.69. The molecule has 2 aromatic rings. The number of ketones is 1. The molecule has 0 fully saturated rings. The molecule has 104 valence electrons. The molecule has 0 heterocycles. The molecule has 0 aliphatic rings. The van der Waals surface area contributed by atoms with Crippen molar-refractivity contribution in [3.63, 3.8) is 0 Å². The minimum absolute atomic E-state index is 0.111. The van der Waals surface area contributed by atoms with Crippen molar-refractivity contribution < 1.29 is 9.53 Å². The Hall–Kier alpha value is -0.550. The largest absolute Gasteiger partial charge is 0.484 e. The van der Waals surface area contributed by atoms with E-state index < -0.39 is 0 Å². The Balaban J connectivity index is 2.12. The van der Waals surface area contributed by atoms with Gasteiger partial charge < -0.3 is 4.74 Å². The zero-order valence-corrected chi connectivity index (χ0v) is 14.7. The lowest BCUT2D eigenvalue weighted by Crippen LogP contribution is -2.12. The van der Waals surface area contributed by atoms with Gasteiger partial charge in [0.2, 0.25) is 5.78 Å². The molecule has 0 N–H and O–H groups in total. The number of halogens is 4. The van der Waals surface area contributed by atoms with E-state index in [2.05, 4.69) is 31.9 Å². The Labute approximate surface area is 143 Å². The second-order valence-electron chi connectivity index (χ2n) is 3.89. The molecule has 0 amide bonds. The van der Waals surface area contributed by atoms with E-state index in [4.69, 9.17) is 27.9 Å². The quantitative estimate of drug-likeness (QED) is 0.446. The SMILES string of the molecule is O=C(COc1cc(Cl)c(Br)cc1Cl)c1ccccc1Br. The molecule has 0 aliphatic heterocycles. The van der Waals surface area contributed by atoms with Crippen LogP contribution >= 0.6 is 55.1 Å². The fourth-order valence-corrected chi connectivity index (χ4v) is 2.88. The molecule has 0 radical (unpaired) electrons. The molecule has 0 saturated heterocycles. The van der Waals surface area contributed by atoms with Crippen LogP contribution in [0, 0.1) is 0 Å². The van der Waals surface area contributed by atoms with Gasteiger partial charge in [0.1, 0.15) is 5.75 Å². The Kier molecular flexibility index (Phi) is 5.49. The van der Waals surface area contributed by atoms with Crippen LogP contribution in [-0.4, -0.2) is 12.4 Å². The van der Waals surface area contributed by atoms with E-state index in [0.29, 0.717) is 25.8 Å². The molecule has 0 atom stereocenters. The summed E-state index contributed by atoms with van der Waals surface area (Å²) in [4.78, 5) is 12.1. The molecule has 0 aromatic heterocycles. The predicted molar refractivity (Wildman–Crippen MR) is 88.1 cm³/mol. The topological polar surface area (TPSA) is 26.3 Å². The normalized spacial score (nSPS) is 10.4. The highest BCUT2D eigenvalue weighted by Gasteiger charge is 2.12. The first kappa shape index (κ1) is 15.8. The lowest BCUT2D eigenvalue weighted by molar-refractivity contribution is 0.0921. The van der Waals surface area contributed by atoms with E-state index in [-0.39, 0.29) is 12.4 Å². The second-order valence-corrected chi connectivity index (χ2v) is 6.41. The standard InChI is InChI=1S/C14H8Br2Cl2O2/c15-9-4-2-1-3-8(9)13(19)7-20-14-6-11(17)10(16)5-12(14)18/h1-6H,7H2. The lowest BCUT2D eigenvalue weighted by Gasteiger charge is -2.09. The van der Waals surface area contributed by atoms with Crippen molar-refractivity contribution in [1.29, 1.82) is 0 Å². The van der Waals surface area contributed by atoms with Crippen LogP contribution in [0.4, 0.5) is 0 Å². The van der Waals surface area contributed by atoms with Gasteiger partial charge in [0.05, 0.1) is 10.0 Å². The van der Waals surface area contributed by atoms with Gasteiger partial charge in [0, 0.05) is 20.6 Å². The fraction of sp³-hybridized carbons (Fsp3) is 0.0714. The van der Waals surface area contributed by atoms with Crippen LogP contribution in [0.3, 0.4) is 0 Å². The van der Waals surface area contributed by atoms with E-state index in [1.165, 1.54) is 0 Å². The van der Waals surface area contributed by atoms with E-state index in [1.54, 1.807) is 30.3 Å². The van der Waals surface area contributed by atoms with Crippen LogP contribution in [0.1, 0.15) is 10.4 Å². The van der Waals surface area contributed by atoms with Gasteiger partial charge >= 0.3 is 0 Å². The van der Waals surface area contributed by atoms with Crippen molar-refractivity contribution in [2.45, 2.75) is 0 Å². The summed E-state index contributed by atoms with van der Waals surface area (Å²) < 4.78 is 6.84. The van der Waals surface area contributed by atoms with Crippen molar-refractivity contribution in [3.8, 4) is 5.75 Å². The monoisotopic (exact) mass is 436 g/mol. The summed E-state index contributed by atoms with van der Waals surface area (Å²) in [5.41, 5.74) is 0.562. The smallest absolute Gasteiger partial charge is 0.201 e. The minimum Gasteiger partial charge on any atom is -0.484 e. The van der Waals surface area contributed by atoms with Gasteiger partial charge in [-0.3, -0.25) is 4.79 Å². The highest BCUT2D eigenvalue weighted by Crippen LogP contribution is 2.34. The average molecular weight is 439 g/mol. The summed E-state index contributed by atoms with van der Waals surface area (Å²) in [6.07, 6.45) is 0. The minimum atomic E-state index is -0.146. The summed E-state index contributed by atoms with van der Waals surface area (Å²) in [7, 11) is 0. The number of benzene rings is 2. The first-order chi connectivity index (χ1) is 9.49. The van der Waals surface area contributed by atoms with Crippen molar-refractivity contribution in [3.05, 3.63) is 61.0 Å². The fourth-order valence-electron chi connectivity index (χ4n) is 1.52. The van der Waals surface area contributed by atoms with Gasteiger partial charge in [-0.15, -0.1) is 0 Å². The predicted octanol–water partition coefficient (Wildman–Crippen LogP) is 5.78. The van der Waals surface area contributed by atoms with E-state index in [0.717, 1.165) is 4.47 Å². The maximum absolute atomic E-state index is 12.1. The van der Waals surface area contributed by atoms with E-state index in [1.807, 2.05) is 6.07 Å². The van der Waals surface area contributed by atoms with Crippen molar-refractivity contribution in [2.75, 3.05) is 6.61 Å². The van der Waals surface area contributed by atoms with Crippen molar-refractivity contribution in [1.82, 2.24) is 0 Å². The molecule has 0 bridgehead atoms. The van der Waals surface area contributed by atoms with Crippen molar-refractivity contribution >= 4 is 60.8 Å². The first-order valence-electron chi connectivity index (χ1n) is 5.54. The average Bonchev–Trinajstić information content (AvgIpc) is 2.41. The number of hydrogen-bond acceptors (Lipinski definition) is 2. The number of Topliss-reactive ketones (excluding diaryl/α,β-unsaturated/α-hetero) is 1. The molecular weight excluding hydrogens is 431 g/mol. The molecule has 20 heavy (non-hydrogen) atoms. The Morgan fingerprint density at radius 2 is 1.75 bits per heavy atom. The van der Waals surface area contributed by atoms with Gasteiger partial charge in [0.25, 0.3) is 0 Å². The third kappa shape index (κ3) is 3.76. The molecule has 0 spiro atoms. The van der Waals surface area contributed by atoms with E-state index >= 15 is 0 Å². The highest BCUT2D eigenvalue weighted by atomic mass is 79.9. The van der Waals surface area contributed by atoms with Gasteiger partial charge in [-0.25, -0.2) is 0 Å². The van der Waals surface area contributed by atoms with Gasteiger partial charge in [0.15, 0.2) is 6.61 Å². The number of carbonyl (C=O) groups is 1. The maximum atomic E-state index is 12.1. The lowest BCUT2D eigenvalue weighted by atomic mass is 10.1. The molecule has 6 heteroatoms. The molecule has 2 rings (SSSR count). The maximum Gasteiger partial charge on any atom is 0.201 e. The zero-order valence-electron chi connectivity index (χ0n) is 10.00. The third-order valence-electron chi connectivity index (χ3n) is 2.51. The van der Waals surface area contributed by atoms with Crippen LogP contribution in [-0.2, 0) is 0 Å². The molecule has 0 unspecified atom stereocenters. The first-order valence-corrected chi connectivity index (χ1v) is 7.88. The Morgan fingerprint density at radius 1 is 1.05 bits per heavy atom. The molecular formula is C14H8Br2Cl2O2. The van der Waals surface area contributed by atoms with Gasteiger partial charge in [-0.05, 0) is 28.1 Å². The number of carbonyl (C=O) groups excluding carboxylic acids is 1. The summed E-state index contributed by atoms with van der Waals surface area (Å²) >= 11 is 18.6. The van der Waals surface area contributed by atoms with Crippen molar-refractivity contribution in [2.24, 2.45) is 0 Å².